The van der Waals surface area contributed by atoms with E-state index in [2.05, 4.69) is 21.1 Å². The molecule has 0 unspecified atom stereocenters. The van der Waals surface area contributed by atoms with E-state index in [1.165, 1.54) is 12.1 Å². The molecule has 0 aliphatic carbocycles. The predicted octanol–water partition coefficient (Wildman–Crippen LogP) is 3.26. The van der Waals surface area contributed by atoms with Crippen LogP contribution < -0.4 is 10.5 Å². The van der Waals surface area contributed by atoms with Crippen molar-refractivity contribution in [3.8, 4) is 5.75 Å². The third kappa shape index (κ3) is 3.71. The molecule has 0 fully saturated rings. The molecule has 2 aromatic carbocycles. The molecule has 0 aliphatic heterocycles. The predicted molar refractivity (Wildman–Crippen MR) is 77.4 cm³/mol. The molecule has 2 rings (SSSR count). The van der Waals surface area contributed by atoms with E-state index < -0.39 is 5.82 Å². The molecule has 104 valence electrons. The summed E-state index contributed by atoms with van der Waals surface area (Å²) in [6.07, 6.45) is 0. The van der Waals surface area contributed by atoms with Gasteiger partial charge in [-0.25, -0.2) is 4.39 Å². The Morgan fingerprint density at radius 1 is 1.25 bits per heavy atom. The third-order valence-electron chi connectivity index (χ3n) is 2.58. The van der Waals surface area contributed by atoms with Gasteiger partial charge in [0.1, 0.15) is 18.2 Å². The Morgan fingerprint density at radius 3 is 2.60 bits per heavy atom. The molecule has 20 heavy (non-hydrogen) atoms. The summed E-state index contributed by atoms with van der Waals surface area (Å²) >= 11 is 3.33. The first-order chi connectivity index (χ1) is 9.58. The molecule has 0 saturated heterocycles. The number of benzene rings is 2. The third-order valence-corrected chi connectivity index (χ3v) is 3.11. The Hall–Kier alpha value is -2.08. The lowest BCUT2D eigenvalue weighted by atomic mass is 10.1. The fourth-order valence-corrected chi connectivity index (χ4v) is 1.90. The van der Waals surface area contributed by atoms with Gasteiger partial charge in [-0.3, -0.25) is 0 Å². The summed E-state index contributed by atoms with van der Waals surface area (Å²) in [7, 11) is 0. The monoisotopic (exact) mass is 338 g/mol. The van der Waals surface area contributed by atoms with Gasteiger partial charge in [0.05, 0.1) is 0 Å². The highest BCUT2D eigenvalue weighted by Crippen LogP contribution is 2.18. The number of rotatable bonds is 4. The molecule has 4 nitrogen and oxygen atoms in total. The quantitative estimate of drug-likeness (QED) is 0.389. The molecule has 6 heteroatoms. The Kier molecular flexibility index (Phi) is 4.57. The average Bonchev–Trinajstić information content (AvgIpc) is 2.45. The maximum atomic E-state index is 13.4. The summed E-state index contributed by atoms with van der Waals surface area (Å²) in [6, 6.07) is 11.4. The number of hydrogen-bond donors (Lipinski definition) is 2. The molecule has 0 spiro atoms. The van der Waals surface area contributed by atoms with Crippen LogP contribution in [0.1, 0.15) is 11.1 Å². The van der Waals surface area contributed by atoms with Crippen LogP contribution in [-0.2, 0) is 6.61 Å². The fraction of sp³-hybridized carbons (Fsp3) is 0.0714. The van der Waals surface area contributed by atoms with E-state index in [1.54, 1.807) is 18.2 Å². The smallest absolute Gasteiger partial charge is 0.170 e. The maximum Gasteiger partial charge on any atom is 0.170 e. The van der Waals surface area contributed by atoms with Crippen molar-refractivity contribution in [3.05, 3.63) is 63.9 Å². The van der Waals surface area contributed by atoms with Crippen LogP contribution >= 0.6 is 15.9 Å². The highest BCUT2D eigenvalue weighted by molar-refractivity contribution is 9.10. The minimum Gasteiger partial charge on any atom is -0.489 e. The molecule has 0 aromatic heterocycles. The van der Waals surface area contributed by atoms with Gasteiger partial charge in [-0.05, 0) is 48.0 Å². The lowest BCUT2D eigenvalue weighted by Gasteiger charge is -2.08. The number of hydrogen-bond acceptors (Lipinski definition) is 3. The summed E-state index contributed by atoms with van der Waals surface area (Å²) in [4.78, 5) is 0. The second kappa shape index (κ2) is 6.38. The lowest BCUT2D eigenvalue weighted by molar-refractivity contribution is 0.305. The van der Waals surface area contributed by atoms with Crippen LogP contribution in [0, 0.1) is 5.82 Å². The van der Waals surface area contributed by atoms with Crippen LogP contribution in [0.2, 0.25) is 0 Å². The number of amidine groups is 1. The van der Waals surface area contributed by atoms with Gasteiger partial charge >= 0.3 is 0 Å². The summed E-state index contributed by atoms with van der Waals surface area (Å²) in [5.41, 5.74) is 6.34. The van der Waals surface area contributed by atoms with Crippen LogP contribution in [-0.4, -0.2) is 11.0 Å². The van der Waals surface area contributed by atoms with Crippen molar-refractivity contribution in [1.29, 1.82) is 0 Å². The summed E-state index contributed by atoms with van der Waals surface area (Å²) < 4.78 is 19.9. The summed E-state index contributed by atoms with van der Waals surface area (Å²) in [5, 5.41) is 11.5. The molecule has 2 aromatic rings. The maximum absolute atomic E-state index is 13.4. The molecule has 0 aliphatic rings. The standard InChI is InChI=1S/C14H12BrFN2O2/c15-11-1-3-13(4-2-11)20-8-9-5-10(14(17)18-19)7-12(16)6-9/h1-7,19H,8H2,(H2,17,18). The molecule has 0 atom stereocenters. The topological polar surface area (TPSA) is 67.8 Å². The number of ether oxygens (including phenoxy) is 1. The molecule has 0 amide bonds. The van der Waals surface area contributed by atoms with Crippen LogP contribution in [0.3, 0.4) is 0 Å². The molecule has 0 heterocycles. The molecule has 0 saturated carbocycles. The minimum atomic E-state index is -0.469. The average molecular weight is 339 g/mol. The van der Waals surface area contributed by atoms with Gasteiger partial charge in [-0.2, -0.15) is 0 Å². The van der Waals surface area contributed by atoms with Crippen molar-refractivity contribution < 1.29 is 14.3 Å². The van der Waals surface area contributed by atoms with E-state index in [9.17, 15) is 4.39 Å². The zero-order valence-electron chi connectivity index (χ0n) is 10.4. The first kappa shape index (κ1) is 14.3. The van der Waals surface area contributed by atoms with E-state index in [0.29, 0.717) is 16.9 Å². The van der Waals surface area contributed by atoms with E-state index in [1.807, 2.05) is 12.1 Å². The van der Waals surface area contributed by atoms with Gasteiger partial charge in [0, 0.05) is 10.0 Å². The largest absolute Gasteiger partial charge is 0.489 e. The van der Waals surface area contributed by atoms with Crippen molar-refractivity contribution in [1.82, 2.24) is 0 Å². The SMILES string of the molecule is N/C(=N/O)c1cc(F)cc(COc2ccc(Br)cc2)c1. The Labute approximate surface area is 123 Å². The van der Waals surface area contributed by atoms with Crippen molar-refractivity contribution in [3.63, 3.8) is 0 Å². The van der Waals surface area contributed by atoms with E-state index in [0.717, 1.165) is 4.47 Å². The van der Waals surface area contributed by atoms with Crippen molar-refractivity contribution in [2.24, 2.45) is 10.9 Å². The summed E-state index contributed by atoms with van der Waals surface area (Å²) in [6.45, 7) is 0.186. The lowest BCUT2D eigenvalue weighted by Crippen LogP contribution is -2.14. The van der Waals surface area contributed by atoms with Gasteiger partial charge in [0.25, 0.3) is 0 Å². The van der Waals surface area contributed by atoms with Crippen LogP contribution in [0.15, 0.2) is 52.1 Å². The zero-order valence-corrected chi connectivity index (χ0v) is 12.0. The highest BCUT2D eigenvalue weighted by atomic mass is 79.9. The molecular weight excluding hydrogens is 327 g/mol. The van der Waals surface area contributed by atoms with Gasteiger partial charge < -0.3 is 15.7 Å². The van der Waals surface area contributed by atoms with Gasteiger partial charge in [-0.15, -0.1) is 0 Å². The summed E-state index contributed by atoms with van der Waals surface area (Å²) in [5.74, 6) is 0.0562. The Morgan fingerprint density at radius 2 is 1.95 bits per heavy atom. The van der Waals surface area contributed by atoms with Crippen LogP contribution in [0.25, 0.3) is 0 Å². The number of oxime groups is 1. The van der Waals surface area contributed by atoms with Crippen LogP contribution in [0.4, 0.5) is 4.39 Å². The zero-order chi connectivity index (χ0) is 14.5. The fourth-order valence-electron chi connectivity index (χ4n) is 1.64. The highest BCUT2D eigenvalue weighted by Gasteiger charge is 2.05. The van der Waals surface area contributed by atoms with Gasteiger partial charge in [-0.1, -0.05) is 21.1 Å². The minimum absolute atomic E-state index is 0.144. The van der Waals surface area contributed by atoms with E-state index in [-0.39, 0.29) is 12.4 Å². The Balaban J connectivity index is 2.13. The van der Waals surface area contributed by atoms with Crippen molar-refractivity contribution >= 4 is 21.8 Å². The molecular formula is C14H12BrFN2O2. The Bertz CT molecular complexity index is 630. The van der Waals surface area contributed by atoms with Crippen LogP contribution in [0.5, 0.6) is 5.75 Å². The molecule has 0 bridgehead atoms. The van der Waals surface area contributed by atoms with Crippen molar-refractivity contribution in [2.45, 2.75) is 6.61 Å². The number of nitrogens with zero attached hydrogens (tertiary/aromatic N) is 1. The van der Waals surface area contributed by atoms with Gasteiger partial charge in [0.15, 0.2) is 5.84 Å². The normalized spacial score (nSPS) is 11.4. The van der Waals surface area contributed by atoms with Crippen molar-refractivity contribution in [2.75, 3.05) is 0 Å². The second-order valence-corrected chi connectivity index (χ2v) is 4.99. The van der Waals surface area contributed by atoms with Gasteiger partial charge in [0.2, 0.25) is 0 Å². The number of halogens is 2. The first-order valence-electron chi connectivity index (χ1n) is 5.74. The molecule has 0 radical (unpaired) electrons. The second-order valence-electron chi connectivity index (χ2n) is 4.08. The number of nitrogens with two attached hydrogens (primary N) is 1. The molecule has 3 N–H and O–H groups in total. The first-order valence-corrected chi connectivity index (χ1v) is 6.53. The van der Waals surface area contributed by atoms with E-state index >= 15 is 0 Å². The van der Waals surface area contributed by atoms with E-state index in [4.69, 9.17) is 15.7 Å².